The zero-order valence-corrected chi connectivity index (χ0v) is 20.2. The number of benzene rings is 3. The molecule has 35 heavy (non-hydrogen) atoms. The predicted octanol–water partition coefficient (Wildman–Crippen LogP) is 5.42. The highest BCUT2D eigenvalue weighted by Gasteiger charge is 2.20. The van der Waals surface area contributed by atoms with Gasteiger partial charge in [-0.05, 0) is 67.9 Å². The summed E-state index contributed by atoms with van der Waals surface area (Å²) in [5.41, 5.74) is 1.04. The van der Waals surface area contributed by atoms with E-state index in [4.69, 9.17) is 16.7 Å². The number of aromatic carboxylic acids is 2. The monoisotopic (exact) mass is 512 g/mol. The lowest BCUT2D eigenvalue weighted by Gasteiger charge is -2.14. The molecule has 1 unspecified atom stereocenters. The van der Waals surface area contributed by atoms with E-state index < -0.39 is 28.7 Å². The smallest absolute Gasteiger partial charge is 0.336 e. The van der Waals surface area contributed by atoms with Crippen molar-refractivity contribution < 1.29 is 29.4 Å². The van der Waals surface area contributed by atoms with E-state index in [9.17, 15) is 24.3 Å². The number of amides is 2. The minimum atomic E-state index is -1.42. The fourth-order valence-electron chi connectivity index (χ4n) is 3.07. The SMILES string of the molecule is Cc1ccc(NC(=O)C(C)Sc2cccc(NC(=O)c3ccc(C(=O)O)cc3C(=O)O)c2)cc1Cl. The first-order valence-corrected chi connectivity index (χ1v) is 11.6. The summed E-state index contributed by atoms with van der Waals surface area (Å²) >= 11 is 7.38. The van der Waals surface area contributed by atoms with Crippen LogP contribution in [0.25, 0.3) is 0 Å². The minimum Gasteiger partial charge on any atom is -0.478 e. The average molecular weight is 513 g/mol. The van der Waals surface area contributed by atoms with Crippen LogP contribution in [0.1, 0.15) is 43.6 Å². The second kappa shape index (κ2) is 11.1. The molecule has 0 aliphatic carbocycles. The molecular weight excluding hydrogens is 492 g/mol. The Bertz CT molecular complexity index is 1330. The van der Waals surface area contributed by atoms with Crippen molar-refractivity contribution in [2.24, 2.45) is 0 Å². The summed E-state index contributed by atoms with van der Waals surface area (Å²) in [4.78, 5) is 48.7. The van der Waals surface area contributed by atoms with Gasteiger partial charge in [-0.25, -0.2) is 9.59 Å². The summed E-state index contributed by atoms with van der Waals surface area (Å²) in [7, 11) is 0. The third-order valence-corrected chi connectivity index (χ3v) is 6.46. The average Bonchev–Trinajstić information content (AvgIpc) is 2.81. The van der Waals surface area contributed by atoms with Gasteiger partial charge in [0, 0.05) is 21.3 Å². The fraction of sp³-hybridized carbons (Fsp3) is 0.120. The van der Waals surface area contributed by atoms with Gasteiger partial charge < -0.3 is 20.8 Å². The lowest BCUT2D eigenvalue weighted by atomic mass is 10.0. The first-order chi connectivity index (χ1) is 16.5. The van der Waals surface area contributed by atoms with Crippen LogP contribution in [0.5, 0.6) is 0 Å². The topological polar surface area (TPSA) is 133 Å². The molecule has 0 fully saturated rings. The third-order valence-electron chi connectivity index (χ3n) is 4.95. The molecule has 180 valence electrons. The molecule has 2 amide bonds. The summed E-state index contributed by atoms with van der Waals surface area (Å²) in [6, 6.07) is 15.2. The molecule has 10 heteroatoms. The molecule has 3 aromatic rings. The molecule has 0 radical (unpaired) electrons. The Morgan fingerprint density at radius 3 is 2.23 bits per heavy atom. The van der Waals surface area contributed by atoms with Crippen LogP contribution in [0, 0.1) is 6.92 Å². The summed E-state index contributed by atoms with van der Waals surface area (Å²) in [6.45, 7) is 3.61. The number of carboxylic acid groups (broad SMARTS) is 2. The first kappa shape index (κ1) is 25.8. The third kappa shape index (κ3) is 6.62. The van der Waals surface area contributed by atoms with Crippen LogP contribution in [0.2, 0.25) is 5.02 Å². The Morgan fingerprint density at radius 2 is 1.57 bits per heavy atom. The van der Waals surface area contributed by atoms with Crippen LogP contribution in [0.3, 0.4) is 0 Å². The summed E-state index contributed by atoms with van der Waals surface area (Å²) in [5, 5.41) is 24.0. The molecule has 3 rings (SSSR count). The number of anilines is 2. The quantitative estimate of drug-likeness (QED) is 0.296. The van der Waals surface area contributed by atoms with E-state index in [0.29, 0.717) is 21.3 Å². The number of hydrogen-bond donors (Lipinski definition) is 4. The molecule has 8 nitrogen and oxygen atoms in total. The van der Waals surface area contributed by atoms with Gasteiger partial charge in [0.2, 0.25) is 5.91 Å². The van der Waals surface area contributed by atoms with Crippen LogP contribution >= 0.6 is 23.4 Å². The highest BCUT2D eigenvalue weighted by atomic mass is 35.5. The molecule has 1 atom stereocenters. The van der Waals surface area contributed by atoms with Gasteiger partial charge in [0.15, 0.2) is 0 Å². The molecule has 4 N–H and O–H groups in total. The zero-order valence-electron chi connectivity index (χ0n) is 18.7. The van der Waals surface area contributed by atoms with Crippen molar-refractivity contribution in [2.45, 2.75) is 24.0 Å². The second-order valence-corrected chi connectivity index (χ2v) is 9.39. The van der Waals surface area contributed by atoms with Crippen LogP contribution in [-0.4, -0.2) is 39.2 Å². The number of thioether (sulfide) groups is 1. The summed E-state index contributed by atoms with van der Waals surface area (Å²) in [6.07, 6.45) is 0. The Hall–Kier alpha value is -3.82. The second-order valence-electron chi connectivity index (χ2n) is 7.57. The molecule has 0 aromatic heterocycles. The standard InChI is InChI=1S/C25H21ClN2O6S/c1-13-6-8-17(12-21(13)26)27-22(29)14(2)35-18-5-3-4-16(11-18)28-23(30)19-9-7-15(24(31)32)10-20(19)25(33)34/h3-12,14H,1-2H3,(H,27,29)(H,28,30)(H,31,32)(H,33,34). The van der Waals surface area contributed by atoms with Gasteiger partial charge in [0.25, 0.3) is 5.91 Å². The van der Waals surface area contributed by atoms with Crippen molar-refractivity contribution in [2.75, 3.05) is 10.6 Å². The lowest BCUT2D eigenvalue weighted by Crippen LogP contribution is -2.22. The number of aryl methyl sites for hydroxylation is 1. The number of hydrogen-bond acceptors (Lipinski definition) is 5. The summed E-state index contributed by atoms with van der Waals surface area (Å²) < 4.78 is 0. The molecule has 0 aliphatic heterocycles. The van der Waals surface area contributed by atoms with E-state index in [2.05, 4.69) is 10.6 Å². The van der Waals surface area contributed by atoms with Gasteiger partial charge in [-0.3, -0.25) is 9.59 Å². The van der Waals surface area contributed by atoms with Gasteiger partial charge in [0.1, 0.15) is 0 Å². The van der Waals surface area contributed by atoms with Gasteiger partial charge in [-0.1, -0.05) is 23.7 Å². The van der Waals surface area contributed by atoms with Crippen LogP contribution in [-0.2, 0) is 4.79 Å². The van der Waals surface area contributed by atoms with Crippen molar-refractivity contribution in [3.05, 3.63) is 87.9 Å². The van der Waals surface area contributed by atoms with Gasteiger partial charge in [-0.15, -0.1) is 11.8 Å². The number of halogens is 1. The minimum absolute atomic E-state index is 0.176. The van der Waals surface area contributed by atoms with Crippen LogP contribution in [0.15, 0.2) is 65.6 Å². The Kier molecular flexibility index (Phi) is 8.16. The molecule has 3 aromatic carbocycles. The van der Waals surface area contributed by atoms with Gasteiger partial charge in [-0.2, -0.15) is 0 Å². The molecule has 0 spiro atoms. The maximum Gasteiger partial charge on any atom is 0.336 e. The van der Waals surface area contributed by atoms with Crippen molar-refractivity contribution >= 4 is 58.5 Å². The van der Waals surface area contributed by atoms with Crippen molar-refractivity contribution in [1.29, 1.82) is 0 Å². The number of rotatable bonds is 8. The molecular formula is C25H21ClN2O6S. The predicted molar refractivity (Wildman–Crippen MR) is 135 cm³/mol. The highest BCUT2D eigenvalue weighted by Crippen LogP contribution is 2.28. The maximum atomic E-state index is 12.7. The van der Waals surface area contributed by atoms with E-state index in [-0.39, 0.29) is 17.0 Å². The highest BCUT2D eigenvalue weighted by molar-refractivity contribution is 8.00. The van der Waals surface area contributed by atoms with E-state index in [1.165, 1.54) is 11.8 Å². The number of carbonyl (C=O) groups excluding carboxylic acids is 2. The largest absolute Gasteiger partial charge is 0.478 e. The molecule has 0 saturated carbocycles. The number of carbonyl (C=O) groups is 4. The normalized spacial score (nSPS) is 11.4. The first-order valence-electron chi connectivity index (χ1n) is 10.3. The van der Waals surface area contributed by atoms with Gasteiger partial charge >= 0.3 is 11.9 Å². The number of nitrogens with one attached hydrogen (secondary N) is 2. The van der Waals surface area contributed by atoms with Crippen molar-refractivity contribution in [1.82, 2.24) is 0 Å². The fourth-order valence-corrected chi connectivity index (χ4v) is 4.18. The zero-order chi connectivity index (χ0) is 25.7. The molecule has 0 bridgehead atoms. The van der Waals surface area contributed by atoms with Crippen molar-refractivity contribution in [3.8, 4) is 0 Å². The van der Waals surface area contributed by atoms with E-state index in [1.54, 1.807) is 43.3 Å². The molecule has 0 aliphatic rings. The van der Waals surface area contributed by atoms with Crippen molar-refractivity contribution in [3.63, 3.8) is 0 Å². The number of carboxylic acids is 2. The van der Waals surface area contributed by atoms with Crippen LogP contribution in [0.4, 0.5) is 11.4 Å². The van der Waals surface area contributed by atoms with Crippen LogP contribution < -0.4 is 10.6 Å². The van der Waals surface area contributed by atoms with E-state index >= 15 is 0 Å². The maximum absolute atomic E-state index is 12.7. The lowest BCUT2D eigenvalue weighted by molar-refractivity contribution is -0.115. The van der Waals surface area contributed by atoms with E-state index in [1.807, 2.05) is 13.0 Å². The van der Waals surface area contributed by atoms with E-state index in [0.717, 1.165) is 23.8 Å². The van der Waals surface area contributed by atoms with Gasteiger partial charge in [0.05, 0.1) is 21.9 Å². The Labute approximate surface area is 210 Å². The molecule has 0 heterocycles. The Morgan fingerprint density at radius 1 is 0.857 bits per heavy atom. The summed E-state index contributed by atoms with van der Waals surface area (Å²) in [5.74, 6) is -3.65. The molecule has 0 saturated heterocycles. The Balaban J connectivity index is 1.70.